The fourth-order valence-corrected chi connectivity index (χ4v) is 1.75. The zero-order valence-electron chi connectivity index (χ0n) is 10.6. The lowest BCUT2D eigenvalue weighted by Crippen LogP contribution is -2.04. The number of benzene rings is 1. The third-order valence-electron chi connectivity index (χ3n) is 2.78. The van der Waals surface area contributed by atoms with Crippen molar-refractivity contribution < 1.29 is 19.6 Å². The number of nitro benzene ring substituents is 1. The summed E-state index contributed by atoms with van der Waals surface area (Å²) in [5.41, 5.74) is 0.771. The number of carbonyl (C=O) groups excluding carboxylic acids is 1. The van der Waals surface area contributed by atoms with Crippen molar-refractivity contribution in [2.45, 2.75) is 32.6 Å². The summed E-state index contributed by atoms with van der Waals surface area (Å²) < 4.78 is 0. The van der Waals surface area contributed by atoms with Gasteiger partial charge >= 0.3 is 5.97 Å². The SMILES string of the molecule is CCc1ccc(C(=O)CCCC(=O)O)cc1[N+](=O)[O-]. The molecule has 0 heterocycles. The van der Waals surface area contributed by atoms with E-state index in [-0.39, 0.29) is 36.3 Å². The van der Waals surface area contributed by atoms with Crippen LogP contribution in [0.3, 0.4) is 0 Å². The Hall–Kier alpha value is -2.24. The number of hydrogen-bond donors (Lipinski definition) is 1. The molecule has 0 atom stereocenters. The number of Topliss-reactive ketones (excluding diaryl/α,β-unsaturated/α-hetero) is 1. The van der Waals surface area contributed by atoms with Gasteiger partial charge < -0.3 is 5.11 Å². The number of nitrogens with zero attached hydrogens (tertiary/aromatic N) is 1. The van der Waals surface area contributed by atoms with Crippen LogP contribution >= 0.6 is 0 Å². The van der Waals surface area contributed by atoms with Crippen molar-refractivity contribution in [3.63, 3.8) is 0 Å². The standard InChI is InChI=1S/C13H15NO5/c1-2-9-6-7-10(8-11(9)14(18)19)12(15)4-3-5-13(16)17/h6-8H,2-5H2,1H3,(H,16,17). The second kappa shape index (κ2) is 6.63. The smallest absolute Gasteiger partial charge is 0.303 e. The number of ketones is 1. The molecule has 0 saturated carbocycles. The van der Waals surface area contributed by atoms with E-state index in [1.165, 1.54) is 6.07 Å². The number of carboxylic acid groups (broad SMARTS) is 1. The quantitative estimate of drug-likeness (QED) is 0.464. The van der Waals surface area contributed by atoms with E-state index >= 15 is 0 Å². The molecule has 0 fully saturated rings. The lowest BCUT2D eigenvalue weighted by atomic mass is 10.0. The second-order valence-corrected chi connectivity index (χ2v) is 4.12. The van der Waals surface area contributed by atoms with Gasteiger partial charge in [0.05, 0.1) is 4.92 Å². The number of rotatable bonds is 7. The van der Waals surface area contributed by atoms with Gasteiger partial charge in [0.2, 0.25) is 0 Å². The molecule has 102 valence electrons. The minimum atomic E-state index is -0.958. The Morgan fingerprint density at radius 2 is 2.00 bits per heavy atom. The topological polar surface area (TPSA) is 97.5 Å². The van der Waals surface area contributed by atoms with E-state index < -0.39 is 10.9 Å². The molecule has 0 spiro atoms. The van der Waals surface area contributed by atoms with Crippen LogP contribution in [0.15, 0.2) is 18.2 Å². The molecule has 6 nitrogen and oxygen atoms in total. The number of nitro groups is 1. The second-order valence-electron chi connectivity index (χ2n) is 4.12. The predicted octanol–water partition coefficient (Wildman–Crippen LogP) is 2.59. The first-order valence-electron chi connectivity index (χ1n) is 5.98. The first kappa shape index (κ1) is 14.8. The third-order valence-corrected chi connectivity index (χ3v) is 2.78. The van der Waals surface area contributed by atoms with Gasteiger partial charge in [0.25, 0.3) is 5.69 Å². The maximum absolute atomic E-state index is 11.8. The lowest BCUT2D eigenvalue weighted by molar-refractivity contribution is -0.385. The lowest BCUT2D eigenvalue weighted by Gasteiger charge is -2.03. The first-order valence-corrected chi connectivity index (χ1v) is 5.98. The molecule has 1 aromatic rings. The van der Waals surface area contributed by atoms with Gasteiger partial charge in [-0.05, 0) is 12.8 Å². The molecule has 1 N–H and O–H groups in total. The van der Waals surface area contributed by atoms with Crippen molar-refractivity contribution in [2.24, 2.45) is 0 Å². The molecule has 0 bridgehead atoms. The Kier molecular flexibility index (Phi) is 5.17. The van der Waals surface area contributed by atoms with Crippen molar-refractivity contribution in [3.05, 3.63) is 39.4 Å². The number of hydrogen-bond acceptors (Lipinski definition) is 4. The van der Waals surface area contributed by atoms with Crippen molar-refractivity contribution in [1.29, 1.82) is 0 Å². The molecule has 0 unspecified atom stereocenters. The fraction of sp³-hybridized carbons (Fsp3) is 0.385. The third kappa shape index (κ3) is 4.17. The molecule has 0 saturated heterocycles. The highest BCUT2D eigenvalue weighted by Gasteiger charge is 2.16. The number of aliphatic carboxylic acids is 1. The molecule has 0 aromatic heterocycles. The highest BCUT2D eigenvalue weighted by Crippen LogP contribution is 2.22. The van der Waals surface area contributed by atoms with Crippen molar-refractivity contribution in [2.75, 3.05) is 0 Å². The fourth-order valence-electron chi connectivity index (χ4n) is 1.75. The minimum Gasteiger partial charge on any atom is -0.481 e. The van der Waals surface area contributed by atoms with Crippen molar-refractivity contribution in [3.8, 4) is 0 Å². The number of carboxylic acids is 1. The van der Waals surface area contributed by atoms with Gasteiger partial charge in [-0.1, -0.05) is 19.1 Å². The average Bonchev–Trinajstić information content (AvgIpc) is 2.37. The summed E-state index contributed by atoms with van der Waals surface area (Å²) in [6, 6.07) is 4.39. The largest absolute Gasteiger partial charge is 0.481 e. The highest BCUT2D eigenvalue weighted by molar-refractivity contribution is 5.96. The summed E-state index contributed by atoms with van der Waals surface area (Å²) in [5, 5.41) is 19.4. The molecule has 19 heavy (non-hydrogen) atoms. The molecule has 0 aliphatic rings. The monoisotopic (exact) mass is 265 g/mol. The molecule has 0 aliphatic heterocycles. The number of aryl methyl sites for hydroxylation is 1. The van der Waals surface area contributed by atoms with E-state index in [1.54, 1.807) is 19.1 Å². The average molecular weight is 265 g/mol. The van der Waals surface area contributed by atoms with E-state index in [0.29, 0.717) is 12.0 Å². The van der Waals surface area contributed by atoms with Crippen LogP contribution in [-0.2, 0) is 11.2 Å². The van der Waals surface area contributed by atoms with Crippen LogP contribution in [0.1, 0.15) is 42.1 Å². The van der Waals surface area contributed by atoms with Gasteiger partial charge in [-0.15, -0.1) is 0 Å². The molecular formula is C13H15NO5. The maximum atomic E-state index is 11.8. The van der Waals surface area contributed by atoms with E-state index in [9.17, 15) is 19.7 Å². The van der Waals surface area contributed by atoms with Crippen LogP contribution in [0.25, 0.3) is 0 Å². The van der Waals surface area contributed by atoms with E-state index in [2.05, 4.69) is 0 Å². The van der Waals surface area contributed by atoms with Gasteiger partial charge in [0.1, 0.15) is 0 Å². The minimum absolute atomic E-state index is 0.0633. The Bertz CT molecular complexity index is 510. The molecule has 6 heteroatoms. The Morgan fingerprint density at radius 1 is 1.32 bits per heavy atom. The Labute approximate surface area is 110 Å². The highest BCUT2D eigenvalue weighted by atomic mass is 16.6. The maximum Gasteiger partial charge on any atom is 0.303 e. The van der Waals surface area contributed by atoms with Crippen LogP contribution in [0.2, 0.25) is 0 Å². The van der Waals surface area contributed by atoms with Crippen LogP contribution in [-0.4, -0.2) is 21.8 Å². The van der Waals surface area contributed by atoms with Crippen LogP contribution in [0, 0.1) is 10.1 Å². The summed E-state index contributed by atoms with van der Waals surface area (Å²) in [4.78, 5) is 32.5. The van der Waals surface area contributed by atoms with E-state index in [4.69, 9.17) is 5.11 Å². The van der Waals surface area contributed by atoms with Crippen molar-refractivity contribution >= 4 is 17.4 Å². The molecular weight excluding hydrogens is 250 g/mol. The van der Waals surface area contributed by atoms with Crippen molar-refractivity contribution in [1.82, 2.24) is 0 Å². The summed E-state index contributed by atoms with van der Waals surface area (Å²) >= 11 is 0. The van der Waals surface area contributed by atoms with E-state index in [1.807, 2.05) is 0 Å². The molecule has 1 rings (SSSR count). The summed E-state index contributed by atoms with van der Waals surface area (Å²) in [7, 11) is 0. The summed E-state index contributed by atoms with van der Waals surface area (Å²) in [6.45, 7) is 1.80. The summed E-state index contributed by atoms with van der Waals surface area (Å²) in [5.74, 6) is -1.23. The molecule has 0 aliphatic carbocycles. The predicted molar refractivity (Wildman–Crippen MR) is 68.3 cm³/mol. The van der Waals surface area contributed by atoms with Gasteiger partial charge in [-0.2, -0.15) is 0 Å². The normalized spacial score (nSPS) is 10.2. The van der Waals surface area contributed by atoms with Gasteiger partial charge in [0, 0.05) is 30.0 Å². The van der Waals surface area contributed by atoms with Gasteiger partial charge in [0.15, 0.2) is 5.78 Å². The van der Waals surface area contributed by atoms with Crippen LogP contribution in [0.4, 0.5) is 5.69 Å². The zero-order chi connectivity index (χ0) is 14.4. The Morgan fingerprint density at radius 3 is 2.53 bits per heavy atom. The van der Waals surface area contributed by atoms with E-state index in [0.717, 1.165) is 0 Å². The van der Waals surface area contributed by atoms with Crippen LogP contribution < -0.4 is 0 Å². The zero-order valence-corrected chi connectivity index (χ0v) is 10.6. The summed E-state index contributed by atoms with van der Waals surface area (Å²) in [6.07, 6.45) is 0.747. The Balaban J connectivity index is 2.83. The van der Waals surface area contributed by atoms with Gasteiger partial charge in [-0.3, -0.25) is 19.7 Å². The first-order chi connectivity index (χ1) is 8.95. The molecule has 0 amide bonds. The van der Waals surface area contributed by atoms with Crippen LogP contribution in [0.5, 0.6) is 0 Å². The number of carbonyl (C=O) groups is 2. The van der Waals surface area contributed by atoms with Gasteiger partial charge in [-0.25, -0.2) is 0 Å². The molecule has 1 aromatic carbocycles. The molecule has 0 radical (unpaired) electrons.